The summed E-state index contributed by atoms with van der Waals surface area (Å²) in [5, 5.41) is 4.38. The van der Waals surface area contributed by atoms with Crippen molar-refractivity contribution in [2.75, 3.05) is 35.2 Å². The molecule has 0 bridgehead atoms. The fourth-order valence-corrected chi connectivity index (χ4v) is 5.11. The number of aromatic amines is 1. The number of nitrogens with one attached hydrogen (secondary N) is 1. The van der Waals surface area contributed by atoms with Gasteiger partial charge in [-0.05, 0) is 28.1 Å². The van der Waals surface area contributed by atoms with E-state index in [1.807, 2.05) is 23.2 Å². The van der Waals surface area contributed by atoms with E-state index in [2.05, 4.69) is 31.0 Å². The minimum Gasteiger partial charge on any atom is -0.383 e. The van der Waals surface area contributed by atoms with Crippen molar-refractivity contribution in [2.24, 2.45) is 0 Å². The Kier molecular flexibility index (Phi) is 3.85. The zero-order valence-electron chi connectivity index (χ0n) is 14.6. The number of nitrogens with two attached hydrogens (primary N) is 1. The van der Waals surface area contributed by atoms with Gasteiger partial charge < -0.3 is 15.6 Å². The van der Waals surface area contributed by atoms with Gasteiger partial charge in [0.2, 0.25) is 0 Å². The van der Waals surface area contributed by atoms with E-state index >= 15 is 0 Å². The largest absolute Gasteiger partial charge is 0.383 e. The number of H-pyrrole nitrogens is 1. The number of aromatic nitrogens is 5. The van der Waals surface area contributed by atoms with Gasteiger partial charge in [0, 0.05) is 36.6 Å². The Morgan fingerprint density at radius 2 is 2.00 bits per heavy atom. The lowest BCUT2D eigenvalue weighted by Gasteiger charge is -2.28. The van der Waals surface area contributed by atoms with Crippen LogP contribution in [-0.4, -0.2) is 57.6 Å². The molecule has 9 nitrogen and oxygen atoms in total. The lowest BCUT2D eigenvalue weighted by atomic mass is 10.1. The molecule has 28 heavy (non-hydrogen) atoms. The Labute approximate surface area is 168 Å². The molecular formula is C17H16BrN7O2S. The first-order chi connectivity index (χ1) is 13.4. The molecule has 0 atom stereocenters. The minimum absolute atomic E-state index is 0.103. The fraction of sp³-hybridized carbons (Fsp3) is 0.235. The van der Waals surface area contributed by atoms with Gasteiger partial charge in [-0.15, -0.1) is 0 Å². The molecule has 1 aliphatic heterocycles. The molecule has 1 saturated heterocycles. The summed E-state index contributed by atoms with van der Waals surface area (Å²) in [6.45, 7) is 0.756. The van der Waals surface area contributed by atoms with Gasteiger partial charge in [0.1, 0.15) is 16.1 Å². The molecule has 5 rings (SSSR count). The average molecular weight is 462 g/mol. The van der Waals surface area contributed by atoms with Crippen molar-refractivity contribution >= 4 is 54.1 Å². The van der Waals surface area contributed by atoms with E-state index in [0.717, 1.165) is 22.2 Å². The topological polar surface area (TPSA) is 122 Å². The van der Waals surface area contributed by atoms with Gasteiger partial charge in [-0.2, -0.15) is 9.61 Å². The smallest absolute Gasteiger partial charge is 0.167 e. The van der Waals surface area contributed by atoms with Crippen molar-refractivity contribution in [3.63, 3.8) is 0 Å². The molecule has 0 saturated carbocycles. The number of sulfone groups is 1. The summed E-state index contributed by atoms with van der Waals surface area (Å²) in [4.78, 5) is 14.3. The summed E-state index contributed by atoms with van der Waals surface area (Å²) in [6.07, 6.45) is 5.33. The van der Waals surface area contributed by atoms with Crippen molar-refractivity contribution in [1.82, 2.24) is 24.6 Å². The molecule has 0 aliphatic carbocycles. The zero-order chi connectivity index (χ0) is 19.5. The summed E-state index contributed by atoms with van der Waals surface area (Å²) in [5.74, 6) is 1.24. The summed E-state index contributed by atoms with van der Waals surface area (Å²) < 4.78 is 25.7. The van der Waals surface area contributed by atoms with Crippen molar-refractivity contribution < 1.29 is 8.42 Å². The van der Waals surface area contributed by atoms with Crippen LogP contribution in [0.5, 0.6) is 0 Å². The molecule has 4 aromatic heterocycles. The highest BCUT2D eigenvalue weighted by Gasteiger charge is 2.26. The van der Waals surface area contributed by atoms with Crippen LogP contribution in [0.2, 0.25) is 0 Å². The molecule has 5 heterocycles. The fourth-order valence-electron chi connectivity index (χ4n) is 3.40. The Morgan fingerprint density at radius 3 is 2.79 bits per heavy atom. The van der Waals surface area contributed by atoms with E-state index in [1.165, 1.54) is 0 Å². The van der Waals surface area contributed by atoms with Gasteiger partial charge in [0.05, 0.1) is 28.7 Å². The predicted molar refractivity (Wildman–Crippen MR) is 111 cm³/mol. The third-order valence-corrected chi connectivity index (χ3v) is 7.33. The number of fused-ring (bicyclic) bond motifs is 2. The highest BCUT2D eigenvalue weighted by molar-refractivity contribution is 9.10. The summed E-state index contributed by atoms with van der Waals surface area (Å²) in [7, 11) is -2.99. The van der Waals surface area contributed by atoms with Crippen LogP contribution in [0.3, 0.4) is 0 Å². The van der Waals surface area contributed by atoms with Crippen LogP contribution in [-0.2, 0) is 9.84 Å². The second-order valence-corrected chi connectivity index (χ2v) is 9.80. The number of nitrogen functional groups attached to an aromatic ring is 1. The summed E-state index contributed by atoms with van der Waals surface area (Å²) >= 11 is 3.50. The van der Waals surface area contributed by atoms with Crippen molar-refractivity contribution in [3.8, 4) is 11.1 Å². The van der Waals surface area contributed by atoms with Crippen LogP contribution >= 0.6 is 15.9 Å². The second-order valence-electron chi connectivity index (χ2n) is 6.70. The van der Waals surface area contributed by atoms with Crippen molar-refractivity contribution in [3.05, 3.63) is 35.2 Å². The van der Waals surface area contributed by atoms with Gasteiger partial charge in [0.25, 0.3) is 0 Å². The number of rotatable bonds is 2. The van der Waals surface area contributed by atoms with Crippen LogP contribution in [0.1, 0.15) is 0 Å². The summed E-state index contributed by atoms with van der Waals surface area (Å²) in [5.41, 5.74) is 10.4. The third kappa shape index (κ3) is 2.73. The number of halogens is 1. The number of pyridine rings is 1. The molecule has 1 aliphatic rings. The Balaban J connectivity index is 1.65. The number of anilines is 2. The van der Waals surface area contributed by atoms with E-state index in [-0.39, 0.29) is 11.5 Å². The second kappa shape index (κ2) is 6.17. The Bertz CT molecular complexity index is 1310. The SMILES string of the molecule is Nc1c(Br)c(N2CCS(=O)(=O)CC2)nc2c(-c3cnc4cc[nH]c4c3)cnn12. The Hall–Kier alpha value is -2.66. The van der Waals surface area contributed by atoms with Crippen molar-refractivity contribution in [2.45, 2.75) is 0 Å². The van der Waals surface area contributed by atoms with Gasteiger partial charge in [-0.1, -0.05) is 0 Å². The minimum atomic E-state index is -2.99. The molecule has 11 heteroatoms. The van der Waals surface area contributed by atoms with Gasteiger partial charge in [0.15, 0.2) is 15.5 Å². The first-order valence-electron chi connectivity index (χ1n) is 8.64. The van der Waals surface area contributed by atoms with E-state index in [4.69, 9.17) is 10.7 Å². The van der Waals surface area contributed by atoms with Gasteiger partial charge in [-0.3, -0.25) is 4.98 Å². The maximum atomic E-state index is 11.8. The molecule has 0 spiro atoms. The van der Waals surface area contributed by atoms with Crippen LogP contribution in [0, 0.1) is 0 Å². The van der Waals surface area contributed by atoms with E-state index in [1.54, 1.807) is 16.9 Å². The standard InChI is InChI=1S/C17H16BrN7O2S/c18-14-15(19)25-16(23-17(14)24-3-5-28(26,27)6-4-24)11(9-22-25)10-7-13-12(21-8-10)1-2-20-13/h1-2,7-9,20H,3-6,19H2. The van der Waals surface area contributed by atoms with Crippen LogP contribution in [0.4, 0.5) is 11.6 Å². The number of hydrogen-bond acceptors (Lipinski definition) is 7. The first-order valence-corrected chi connectivity index (χ1v) is 11.3. The predicted octanol–water partition coefficient (Wildman–Crippen LogP) is 1.85. The van der Waals surface area contributed by atoms with Crippen LogP contribution < -0.4 is 10.6 Å². The third-order valence-electron chi connectivity index (χ3n) is 4.96. The number of nitrogens with zero attached hydrogens (tertiary/aromatic N) is 5. The normalized spacial score (nSPS) is 16.8. The molecule has 1 fully saturated rings. The molecule has 144 valence electrons. The van der Waals surface area contributed by atoms with Crippen LogP contribution in [0.15, 0.2) is 35.2 Å². The molecule has 4 aromatic rings. The maximum Gasteiger partial charge on any atom is 0.167 e. The summed E-state index contributed by atoms with van der Waals surface area (Å²) in [6, 6.07) is 3.90. The lowest BCUT2D eigenvalue weighted by molar-refractivity contribution is 0.586. The molecule has 0 amide bonds. The average Bonchev–Trinajstić information content (AvgIpc) is 3.31. The number of hydrogen-bond donors (Lipinski definition) is 2. The quantitative estimate of drug-likeness (QED) is 0.466. The van der Waals surface area contributed by atoms with Gasteiger partial charge >= 0.3 is 0 Å². The molecule has 0 aromatic carbocycles. The van der Waals surface area contributed by atoms with Gasteiger partial charge in [-0.25, -0.2) is 13.4 Å². The molecule has 0 unspecified atom stereocenters. The van der Waals surface area contributed by atoms with Crippen LogP contribution in [0.25, 0.3) is 27.8 Å². The lowest BCUT2D eigenvalue weighted by Crippen LogP contribution is -2.41. The first kappa shape index (κ1) is 17.4. The monoisotopic (exact) mass is 461 g/mol. The highest BCUT2D eigenvalue weighted by Crippen LogP contribution is 2.34. The zero-order valence-corrected chi connectivity index (χ0v) is 17.0. The molecule has 0 radical (unpaired) electrons. The van der Waals surface area contributed by atoms with E-state index in [0.29, 0.717) is 34.8 Å². The molecular weight excluding hydrogens is 446 g/mol. The molecule has 3 N–H and O–H groups in total. The van der Waals surface area contributed by atoms with E-state index < -0.39 is 9.84 Å². The highest BCUT2D eigenvalue weighted by atomic mass is 79.9. The maximum absolute atomic E-state index is 11.8. The Morgan fingerprint density at radius 1 is 1.21 bits per heavy atom. The van der Waals surface area contributed by atoms with E-state index in [9.17, 15) is 8.42 Å². The van der Waals surface area contributed by atoms with Crippen molar-refractivity contribution in [1.29, 1.82) is 0 Å².